The molecule has 0 aromatic heterocycles. The molecule has 1 aliphatic rings. The molecule has 0 aliphatic heterocycles. The van der Waals surface area contributed by atoms with Gasteiger partial charge in [-0.2, -0.15) is 5.10 Å². The zero-order valence-corrected chi connectivity index (χ0v) is 16.0. The maximum atomic E-state index is 13.0. The SMILES string of the molecule is Cc1ccccc1C(=O)C1C(=O)CCC/C1=N/N(C)C(=O)OC(C)(C)C. The van der Waals surface area contributed by atoms with Gasteiger partial charge in [0.25, 0.3) is 0 Å². The normalized spacial score (nSPS) is 19.3. The lowest BCUT2D eigenvalue weighted by Crippen LogP contribution is -2.38. The highest BCUT2D eigenvalue weighted by molar-refractivity contribution is 6.26. The van der Waals surface area contributed by atoms with Crippen LogP contribution in [-0.4, -0.2) is 41.0 Å². The lowest BCUT2D eigenvalue weighted by molar-refractivity contribution is -0.120. The van der Waals surface area contributed by atoms with Crippen LogP contribution in [-0.2, 0) is 9.53 Å². The minimum atomic E-state index is -0.935. The lowest BCUT2D eigenvalue weighted by atomic mass is 9.80. The van der Waals surface area contributed by atoms with E-state index in [-0.39, 0.29) is 11.6 Å². The minimum Gasteiger partial charge on any atom is -0.442 e. The highest BCUT2D eigenvalue weighted by atomic mass is 16.6. The predicted molar refractivity (Wildman–Crippen MR) is 99.3 cm³/mol. The average molecular weight is 358 g/mol. The van der Waals surface area contributed by atoms with Crippen LogP contribution >= 0.6 is 0 Å². The van der Waals surface area contributed by atoms with Gasteiger partial charge < -0.3 is 4.74 Å². The Morgan fingerprint density at radius 1 is 1.19 bits per heavy atom. The van der Waals surface area contributed by atoms with Crippen molar-refractivity contribution < 1.29 is 19.1 Å². The molecular weight excluding hydrogens is 332 g/mol. The molecule has 0 radical (unpaired) electrons. The second-order valence-electron chi connectivity index (χ2n) is 7.53. The van der Waals surface area contributed by atoms with Gasteiger partial charge in [-0.3, -0.25) is 9.59 Å². The van der Waals surface area contributed by atoms with Crippen LogP contribution in [0.1, 0.15) is 56.0 Å². The molecule has 1 aromatic carbocycles. The molecule has 1 fully saturated rings. The summed E-state index contributed by atoms with van der Waals surface area (Å²) in [4.78, 5) is 37.6. The molecule has 0 N–H and O–H groups in total. The molecule has 1 aromatic rings. The van der Waals surface area contributed by atoms with Crippen molar-refractivity contribution >= 4 is 23.4 Å². The van der Waals surface area contributed by atoms with E-state index < -0.39 is 17.6 Å². The monoisotopic (exact) mass is 358 g/mol. The van der Waals surface area contributed by atoms with Gasteiger partial charge in [-0.15, -0.1) is 0 Å². The maximum Gasteiger partial charge on any atom is 0.430 e. The molecule has 0 bridgehead atoms. The molecule has 140 valence electrons. The van der Waals surface area contributed by atoms with Gasteiger partial charge in [0, 0.05) is 19.0 Å². The first-order valence-corrected chi connectivity index (χ1v) is 8.77. The molecule has 26 heavy (non-hydrogen) atoms. The van der Waals surface area contributed by atoms with Crippen LogP contribution in [0.4, 0.5) is 4.79 Å². The molecule has 6 nitrogen and oxygen atoms in total. The van der Waals surface area contributed by atoms with E-state index in [1.54, 1.807) is 32.9 Å². The highest BCUT2D eigenvalue weighted by Crippen LogP contribution is 2.25. The van der Waals surface area contributed by atoms with Crippen LogP contribution in [0.5, 0.6) is 0 Å². The number of carbonyl (C=O) groups is 3. The Hall–Kier alpha value is -2.50. The third-order valence-corrected chi connectivity index (χ3v) is 4.12. The van der Waals surface area contributed by atoms with Crippen molar-refractivity contribution in [2.75, 3.05) is 7.05 Å². The molecule has 0 spiro atoms. The fraction of sp³-hybridized carbons (Fsp3) is 0.500. The fourth-order valence-electron chi connectivity index (χ4n) is 2.89. The van der Waals surface area contributed by atoms with E-state index in [9.17, 15) is 14.4 Å². The van der Waals surface area contributed by atoms with Gasteiger partial charge in [-0.25, -0.2) is 9.80 Å². The van der Waals surface area contributed by atoms with E-state index in [0.717, 1.165) is 10.6 Å². The van der Waals surface area contributed by atoms with E-state index >= 15 is 0 Å². The van der Waals surface area contributed by atoms with Gasteiger partial charge in [-0.1, -0.05) is 24.3 Å². The Morgan fingerprint density at radius 3 is 2.46 bits per heavy atom. The topological polar surface area (TPSA) is 76.0 Å². The molecule has 1 amide bonds. The van der Waals surface area contributed by atoms with Crippen LogP contribution in [0.3, 0.4) is 0 Å². The van der Waals surface area contributed by atoms with Crippen molar-refractivity contribution in [1.82, 2.24) is 5.01 Å². The van der Waals surface area contributed by atoms with Crippen molar-refractivity contribution in [1.29, 1.82) is 0 Å². The first kappa shape index (κ1) is 19.8. The average Bonchev–Trinajstić information content (AvgIpc) is 2.53. The van der Waals surface area contributed by atoms with Gasteiger partial charge in [-0.05, 0) is 46.1 Å². The van der Waals surface area contributed by atoms with E-state index in [2.05, 4.69) is 5.10 Å². The number of nitrogens with zero attached hydrogens (tertiary/aromatic N) is 2. The molecule has 1 aliphatic carbocycles. The second-order valence-corrected chi connectivity index (χ2v) is 7.53. The van der Waals surface area contributed by atoms with Crippen molar-refractivity contribution in [2.45, 2.75) is 52.6 Å². The number of ketones is 2. The Morgan fingerprint density at radius 2 is 1.85 bits per heavy atom. The van der Waals surface area contributed by atoms with Gasteiger partial charge in [0.15, 0.2) is 5.78 Å². The Bertz CT molecular complexity index is 746. The second kappa shape index (κ2) is 7.81. The van der Waals surface area contributed by atoms with Crippen LogP contribution in [0.15, 0.2) is 29.4 Å². The first-order chi connectivity index (χ1) is 12.1. The smallest absolute Gasteiger partial charge is 0.430 e. The molecule has 6 heteroatoms. The van der Waals surface area contributed by atoms with Crippen molar-refractivity contribution in [3.63, 3.8) is 0 Å². The molecule has 0 heterocycles. The summed E-state index contributed by atoms with van der Waals surface area (Å²) in [6, 6.07) is 7.18. The number of rotatable bonds is 3. The Labute approximate surface area is 154 Å². The van der Waals surface area contributed by atoms with E-state index in [1.165, 1.54) is 7.05 Å². The summed E-state index contributed by atoms with van der Waals surface area (Å²) >= 11 is 0. The van der Waals surface area contributed by atoms with Crippen LogP contribution < -0.4 is 0 Å². The third-order valence-electron chi connectivity index (χ3n) is 4.12. The summed E-state index contributed by atoms with van der Waals surface area (Å²) < 4.78 is 5.28. The van der Waals surface area contributed by atoms with E-state index in [0.29, 0.717) is 30.5 Å². The minimum absolute atomic E-state index is 0.152. The standard InChI is InChI=1S/C20H26N2O4/c1-13-9-6-7-10-14(13)18(24)17-15(11-8-12-16(17)23)21-22(5)19(25)26-20(2,3)4/h6-7,9-10,17H,8,11-12H2,1-5H3/b21-15-. The molecular formula is C20H26N2O4. The number of aryl methyl sites for hydroxylation is 1. The van der Waals surface area contributed by atoms with Crippen molar-refractivity contribution in [3.05, 3.63) is 35.4 Å². The molecule has 2 rings (SSSR count). The number of carbonyl (C=O) groups excluding carboxylic acids is 3. The number of hydrogen-bond acceptors (Lipinski definition) is 5. The van der Waals surface area contributed by atoms with Gasteiger partial charge in [0.05, 0.1) is 5.71 Å². The third kappa shape index (κ3) is 4.77. The summed E-state index contributed by atoms with van der Waals surface area (Å²) in [6.45, 7) is 7.13. The molecule has 0 saturated heterocycles. The largest absolute Gasteiger partial charge is 0.442 e. The number of Topliss-reactive ketones (excluding diaryl/α,β-unsaturated/α-hetero) is 2. The van der Waals surface area contributed by atoms with E-state index in [1.807, 2.05) is 19.1 Å². The van der Waals surface area contributed by atoms with Gasteiger partial charge in [0.2, 0.25) is 0 Å². The van der Waals surface area contributed by atoms with Crippen LogP contribution in [0, 0.1) is 12.8 Å². The molecule has 1 saturated carbocycles. The first-order valence-electron chi connectivity index (χ1n) is 8.77. The number of hydrogen-bond donors (Lipinski definition) is 0. The quantitative estimate of drug-likeness (QED) is 0.468. The Balaban J connectivity index is 2.30. The van der Waals surface area contributed by atoms with Crippen LogP contribution in [0.2, 0.25) is 0 Å². The van der Waals surface area contributed by atoms with Crippen molar-refractivity contribution in [3.8, 4) is 0 Å². The summed E-state index contributed by atoms with van der Waals surface area (Å²) in [7, 11) is 1.47. The fourth-order valence-corrected chi connectivity index (χ4v) is 2.89. The van der Waals surface area contributed by atoms with Gasteiger partial charge >= 0.3 is 6.09 Å². The predicted octanol–water partition coefficient (Wildman–Crippen LogP) is 3.77. The highest BCUT2D eigenvalue weighted by Gasteiger charge is 2.36. The summed E-state index contributed by atoms with van der Waals surface area (Å²) in [5.41, 5.74) is 1.10. The van der Waals surface area contributed by atoms with Crippen LogP contribution in [0.25, 0.3) is 0 Å². The number of benzene rings is 1. The molecule has 1 unspecified atom stereocenters. The lowest BCUT2D eigenvalue weighted by Gasteiger charge is -2.26. The number of amides is 1. The zero-order chi connectivity index (χ0) is 19.5. The number of ether oxygens (including phenoxy) is 1. The molecule has 1 atom stereocenters. The zero-order valence-electron chi connectivity index (χ0n) is 16.0. The number of hydrazone groups is 1. The maximum absolute atomic E-state index is 13.0. The summed E-state index contributed by atoms with van der Waals surface area (Å²) in [6.07, 6.45) is 0.848. The van der Waals surface area contributed by atoms with Gasteiger partial charge in [0.1, 0.15) is 17.3 Å². The van der Waals surface area contributed by atoms with Crippen molar-refractivity contribution in [2.24, 2.45) is 11.0 Å². The Kier molecular flexibility index (Phi) is 5.95. The summed E-state index contributed by atoms with van der Waals surface area (Å²) in [5.74, 6) is -1.35. The summed E-state index contributed by atoms with van der Waals surface area (Å²) in [5, 5.41) is 5.33. The van der Waals surface area contributed by atoms with E-state index in [4.69, 9.17) is 4.74 Å².